The van der Waals surface area contributed by atoms with Gasteiger partial charge < -0.3 is 28.4 Å². The lowest BCUT2D eigenvalue weighted by Crippen LogP contribution is -2.16. The van der Waals surface area contributed by atoms with Crippen LogP contribution in [-0.4, -0.2) is 37.7 Å². The van der Waals surface area contributed by atoms with Gasteiger partial charge in [-0.25, -0.2) is 9.59 Å². The summed E-state index contributed by atoms with van der Waals surface area (Å²) in [5, 5.41) is 0. The number of carbonyl (C=O) groups is 3. The fraction of sp³-hybridized carbons (Fsp3) is 0.500. The third-order valence-corrected chi connectivity index (χ3v) is 12.8. The molecule has 0 amide bonds. The van der Waals surface area contributed by atoms with E-state index < -0.39 is 17.9 Å². The van der Waals surface area contributed by atoms with E-state index in [-0.39, 0.29) is 5.97 Å². The van der Waals surface area contributed by atoms with Crippen molar-refractivity contribution in [1.29, 1.82) is 0 Å². The summed E-state index contributed by atoms with van der Waals surface area (Å²) in [6.45, 7) is 8.34. The van der Waals surface area contributed by atoms with E-state index in [2.05, 4.69) is 20.8 Å². The van der Waals surface area contributed by atoms with E-state index in [0.717, 1.165) is 49.7 Å². The van der Waals surface area contributed by atoms with E-state index in [1.54, 1.807) is 85.0 Å². The van der Waals surface area contributed by atoms with Crippen LogP contribution in [0, 0.1) is 5.92 Å². The van der Waals surface area contributed by atoms with Gasteiger partial charge in [0.05, 0.1) is 36.9 Å². The molecule has 1 aliphatic rings. The monoisotopic (exact) mass is 971 g/mol. The molecule has 0 N–H and O–H groups in total. The second-order valence-electron chi connectivity index (χ2n) is 18.8. The first-order valence-electron chi connectivity index (χ1n) is 27.3. The normalized spacial score (nSPS) is 12.0. The second-order valence-corrected chi connectivity index (χ2v) is 18.8. The molecule has 5 rings (SSSR count). The number of unbranched alkanes of at least 4 members (excludes halogenated alkanes) is 21. The predicted molar refractivity (Wildman–Crippen MR) is 286 cm³/mol. The van der Waals surface area contributed by atoms with Crippen LogP contribution in [0.2, 0.25) is 0 Å². The van der Waals surface area contributed by atoms with Gasteiger partial charge in [0.2, 0.25) is 5.75 Å². The van der Waals surface area contributed by atoms with Crippen LogP contribution in [0.15, 0.2) is 109 Å². The van der Waals surface area contributed by atoms with Gasteiger partial charge >= 0.3 is 17.9 Å². The molecular weight excluding hydrogens is 889 g/mol. The summed E-state index contributed by atoms with van der Waals surface area (Å²) in [4.78, 5) is 39.2. The van der Waals surface area contributed by atoms with E-state index >= 15 is 0 Å². The van der Waals surface area contributed by atoms with Gasteiger partial charge in [0.25, 0.3) is 0 Å². The first-order chi connectivity index (χ1) is 34.9. The summed E-state index contributed by atoms with van der Waals surface area (Å²) in [5.41, 5.74) is 2.44. The third kappa shape index (κ3) is 21.2. The van der Waals surface area contributed by atoms with Crippen LogP contribution in [0.4, 0.5) is 0 Å². The van der Waals surface area contributed by atoms with E-state index in [0.29, 0.717) is 65.4 Å². The molecule has 0 spiro atoms. The SMILES string of the molecule is CCCCCCCCCCOc1cc(C(=O)Oc2ccc(-c3ccc(OC(=O)c4ccc(OC(=O)C5C=CC=C5)cc4)cc3)cc2)cc(OCCCCCCCCCC)c1OCCCCCCCCCC. The summed E-state index contributed by atoms with van der Waals surface area (Å²) in [6.07, 6.45) is 35.9. The molecule has 0 heterocycles. The highest BCUT2D eigenvalue weighted by atomic mass is 16.6. The number of rotatable bonds is 37. The lowest BCUT2D eigenvalue weighted by molar-refractivity contribution is -0.135. The number of hydrogen-bond acceptors (Lipinski definition) is 9. The van der Waals surface area contributed by atoms with Crippen LogP contribution >= 0.6 is 0 Å². The molecular formula is C62H82O9. The van der Waals surface area contributed by atoms with Crippen molar-refractivity contribution in [2.45, 2.75) is 175 Å². The zero-order chi connectivity index (χ0) is 50.1. The van der Waals surface area contributed by atoms with Crippen molar-refractivity contribution in [2.75, 3.05) is 19.8 Å². The first-order valence-corrected chi connectivity index (χ1v) is 27.3. The molecule has 0 bridgehead atoms. The van der Waals surface area contributed by atoms with Crippen LogP contribution in [0.25, 0.3) is 11.1 Å². The molecule has 384 valence electrons. The summed E-state index contributed by atoms with van der Waals surface area (Å²) < 4.78 is 36.5. The van der Waals surface area contributed by atoms with E-state index in [4.69, 9.17) is 28.4 Å². The number of benzene rings is 4. The number of esters is 3. The van der Waals surface area contributed by atoms with Crippen LogP contribution in [0.3, 0.4) is 0 Å². The molecule has 71 heavy (non-hydrogen) atoms. The van der Waals surface area contributed by atoms with Gasteiger partial charge in [-0.1, -0.05) is 204 Å². The molecule has 0 fully saturated rings. The lowest BCUT2D eigenvalue weighted by Gasteiger charge is -2.19. The Labute approximate surface area is 425 Å². The molecule has 9 heteroatoms. The largest absolute Gasteiger partial charge is 0.490 e. The van der Waals surface area contributed by atoms with Crippen molar-refractivity contribution in [3.63, 3.8) is 0 Å². The number of hydrogen-bond donors (Lipinski definition) is 0. The predicted octanol–water partition coefficient (Wildman–Crippen LogP) is 17.0. The molecule has 0 radical (unpaired) electrons. The van der Waals surface area contributed by atoms with E-state index in [9.17, 15) is 14.4 Å². The van der Waals surface area contributed by atoms with Gasteiger partial charge in [-0.05, 0) is 91.1 Å². The molecule has 0 aromatic heterocycles. The van der Waals surface area contributed by atoms with Crippen LogP contribution in [0.5, 0.6) is 34.5 Å². The Kier molecular flexibility index (Phi) is 26.6. The number of carbonyl (C=O) groups excluding carboxylic acids is 3. The van der Waals surface area contributed by atoms with Gasteiger partial charge in [-0.2, -0.15) is 0 Å². The van der Waals surface area contributed by atoms with Crippen molar-refractivity contribution in [2.24, 2.45) is 5.92 Å². The highest BCUT2D eigenvalue weighted by Crippen LogP contribution is 2.40. The zero-order valence-corrected chi connectivity index (χ0v) is 43.2. The van der Waals surface area contributed by atoms with Crippen LogP contribution in [0.1, 0.15) is 196 Å². The molecule has 0 atom stereocenters. The Hall–Kier alpha value is -5.83. The molecule has 0 aliphatic heterocycles. The number of allylic oxidation sites excluding steroid dienone is 2. The van der Waals surface area contributed by atoms with Gasteiger partial charge in [0.15, 0.2) is 11.5 Å². The standard InChI is InChI=1S/C62H82O9/c1-4-7-10-13-16-19-22-27-44-66-57-47-53(48-58(67-45-28-23-20-17-14-11-8-5-2)59(57)68-46-29-24-21-18-15-12-9-6-3)62(65)71-55-40-34-50(35-41-55)49-32-38-54(39-33-49)70-61(64)52-36-42-56(43-37-52)69-60(63)51-30-25-26-31-51/h25-26,30-43,47-48,51H,4-24,27-29,44-46H2,1-3H3. The topological polar surface area (TPSA) is 107 Å². The average Bonchev–Trinajstić information content (AvgIpc) is 3.94. The minimum Gasteiger partial charge on any atom is -0.490 e. The minimum atomic E-state index is -0.534. The zero-order valence-electron chi connectivity index (χ0n) is 43.2. The molecule has 0 saturated carbocycles. The first kappa shape index (κ1) is 56.1. The van der Waals surface area contributed by atoms with E-state index in [1.807, 2.05) is 24.3 Å². The summed E-state index contributed by atoms with van der Waals surface area (Å²) in [6, 6.07) is 24.3. The third-order valence-electron chi connectivity index (χ3n) is 12.8. The summed E-state index contributed by atoms with van der Waals surface area (Å²) in [7, 11) is 0. The molecule has 1 aliphatic carbocycles. The Balaban J connectivity index is 1.22. The van der Waals surface area contributed by atoms with Gasteiger partial charge in [-0.3, -0.25) is 4.79 Å². The summed E-state index contributed by atoms with van der Waals surface area (Å²) in [5.74, 6) is 0.889. The highest BCUT2D eigenvalue weighted by molar-refractivity contribution is 5.93. The maximum Gasteiger partial charge on any atom is 0.343 e. The number of ether oxygens (including phenoxy) is 6. The fourth-order valence-electron chi connectivity index (χ4n) is 8.49. The Morgan fingerprint density at radius 2 is 0.718 bits per heavy atom. The maximum atomic E-state index is 14.0. The maximum absolute atomic E-state index is 14.0. The van der Waals surface area contributed by atoms with Crippen LogP contribution in [-0.2, 0) is 4.79 Å². The van der Waals surface area contributed by atoms with Crippen molar-refractivity contribution >= 4 is 17.9 Å². The van der Waals surface area contributed by atoms with E-state index in [1.165, 1.54) is 116 Å². The highest BCUT2D eigenvalue weighted by Gasteiger charge is 2.21. The molecule has 4 aromatic carbocycles. The van der Waals surface area contributed by atoms with Crippen molar-refractivity contribution < 1.29 is 42.8 Å². The molecule has 0 unspecified atom stereocenters. The van der Waals surface area contributed by atoms with Gasteiger partial charge in [-0.15, -0.1) is 0 Å². The fourth-order valence-corrected chi connectivity index (χ4v) is 8.49. The minimum absolute atomic E-state index is 0.322. The van der Waals surface area contributed by atoms with Crippen molar-refractivity contribution in [1.82, 2.24) is 0 Å². The summed E-state index contributed by atoms with van der Waals surface area (Å²) >= 11 is 0. The Morgan fingerprint density at radius 1 is 0.380 bits per heavy atom. The smallest absolute Gasteiger partial charge is 0.343 e. The molecule has 4 aromatic rings. The molecule has 0 saturated heterocycles. The molecule has 9 nitrogen and oxygen atoms in total. The quantitative estimate of drug-likeness (QED) is 0.0248. The van der Waals surface area contributed by atoms with Gasteiger partial charge in [0, 0.05) is 0 Å². The lowest BCUT2D eigenvalue weighted by atomic mass is 10.1. The second kappa shape index (κ2) is 33.7. The van der Waals surface area contributed by atoms with Crippen LogP contribution < -0.4 is 28.4 Å². The Bertz CT molecular complexity index is 2130. The van der Waals surface area contributed by atoms with Gasteiger partial charge in [0.1, 0.15) is 17.2 Å². The van der Waals surface area contributed by atoms with Crippen molar-refractivity contribution in [3.8, 4) is 45.6 Å². The van der Waals surface area contributed by atoms with Crippen molar-refractivity contribution in [3.05, 3.63) is 120 Å². The average molecular weight is 971 g/mol. The Morgan fingerprint density at radius 3 is 1.13 bits per heavy atom.